The van der Waals surface area contributed by atoms with Crippen LogP contribution in [0.5, 0.6) is 11.5 Å². The molecule has 3 nitrogen and oxygen atoms in total. The second-order valence-corrected chi connectivity index (χ2v) is 16.5. The van der Waals surface area contributed by atoms with E-state index in [0.29, 0.717) is 0 Å². The Labute approximate surface area is 184 Å². The molecule has 0 unspecified atom stereocenters. The summed E-state index contributed by atoms with van der Waals surface area (Å²) >= 11 is 0. The molecule has 0 amide bonds. The van der Waals surface area contributed by atoms with Crippen molar-refractivity contribution in [2.75, 3.05) is 14.2 Å². The number of methoxy groups -OCH3 is 2. The number of hydrogen-bond donors (Lipinski definition) is 0. The van der Waals surface area contributed by atoms with Crippen LogP contribution < -0.4 is 9.47 Å². The van der Waals surface area contributed by atoms with E-state index in [2.05, 4.69) is 6.07 Å². The van der Waals surface area contributed by atoms with Crippen LogP contribution in [-0.2, 0) is 9.20 Å². The van der Waals surface area contributed by atoms with E-state index in [-0.39, 0.29) is 0 Å². The maximum atomic E-state index is 5.88. The van der Waals surface area contributed by atoms with Gasteiger partial charge < -0.3 is 9.47 Å². The fourth-order valence-corrected chi connectivity index (χ4v) is 2.48. The van der Waals surface area contributed by atoms with Gasteiger partial charge in [-0.3, -0.25) is 0 Å². The monoisotopic (exact) mass is 503 g/mol. The quantitative estimate of drug-likeness (QED) is 0.266. The number of hydrogen-bond acceptors (Lipinski definition) is 2. The predicted octanol–water partition coefficient (Wildman–Crippen LogP) is 7.98. The number of rotatable bonds is 4. The van der Waals surface area contributed by atoms with Crippen LogP contribution in [0.1, 0.15) is 5.76 Å². The fraction of sp³-hybridized carbons (Fsp3) is 0.150. The average molecular weight is 505 g/mol. The van der Waals surface area contributed by atoms with Crippen molar-refractivity contribution in [3.63, 3.8) is 0 Å². The topological polar surface area (TPSA) is 29.8 Å². The summed E-state index contributed by atoms with van der Waals surface area (Å²) < 4.78 is 16.3. The van der Waals surface area contributed by atoms with Gasteiger partial charge in [-0.05, 0) is 42.0 Å². The minimum absolute atomic E-state index is 0.830. The van der Waals surface area contributed by atoms with E-state index < -0.39 is 9.20 Å². The Morgan fingerprint density at radius 2 is 1.11 bits per heavy atom. The zero-order valence-corrected chi connectivity index (χ0v) is 19.5. The summed E-state index contributed by atoms with van der Waals surface area (Å²) in [5.74, 6) is 3.38. The predicted molar refractivity (Wildman–Crippen MR) is 115 cm³/mol. The zero-order chi connectivity index (χ0) is 20.7. The van der Waals surface area contributed by atoms with Gasteiger partial charge in [0.15, 0.2) is 0 Å². The van der Waals surface area contributed by atoms with Crippen LogP contribution in [0.2, 0.25) is 0 Å². The summed E-state index contributed by atoms with van der Waals surface area (Å²) in [6.07, 6.45) is 0. The summed E-state index contributed by atoms with van der Waals surface area (Å²) in [7, 11) is 20.5. The Kier molecular flexibility index (Phi) is 8.76. The van der Waals surface area contributed by atoms with E-state index >= 15 is 0 Å². The minimum atomic E-state index is -2.61. The number of ether oxygens (including phenoxy) is 2. The van der Waals surface area contributed by atoms with E-state index in [1.54, 1.807) is 14.2 Å². The Balaban J connectivity index is 0.000000500. The van der Waals surface area contributed by atoms with Gasteiger partial charge in [-0.25, -0.2) is 4.42 Å². The third kappa shape index (κ3) is 7.71. The molecule has 8 heteroatoms. The van der Waals surface area contributed by atoms with E-state index in [4.69, 9.17) is 54.3 Å². The van der Waals surface area contributed by atoms with E-state index in [1.165, 1.54) is 0 Å². The Morgan fingerprint density at radius 3 is 1.54 bits per heavy atom. The first-order valence-electron chi connectivity index (χ1n) is 7.96. The van der Waals surface area contributed by atoms with Gasteiger partial charge in [-0.1, -0.05) is 12.1 Å². The van der Waals surface area contributed by atoms with Gasteiger partial charge in [0.1, 0.15) is 11.5 Å². The van der Waals surface area contributed by atoms with Crippen molar-refractivity contribution in [1.29, 1.82) is 0 Å². The number of halogens is 4. The van der Waals surface area contributed by atoms with Gasteiger partial charge in [0.2, 0.25) is 0 Å². The van der Waals surface area contributed by atoms with Crippen LogP contribution >= 0.6 is 40.4 Å². The standard InChI is InChI=1S/C20H19O3.4ClH.Fe/c1-14-12-17(15-4-8-18(21-2)9-5-15)13-20(23-14)16-6-10-19(22-3)11-7-16;;;;;/h4-13H,1-3H3;4*1H;/q+1;;;;;+3/p-4. The summed E-state index contributed by atoms with van der Waals surface area (Å²) in [5, 5.41) is 0. The van der Waals surface area contributed by atoms with Gasteiger partial charge in [-0.2, -0.15) is 0 Å². The number of aryl methyl sites for hydroxylation is 1. The van der Waals surface area contributed by atoms with Gasteiger partial charge in [-0.15, -0.1) is 0 Å². The molecule has 0 radical (unpaired) electrons. The first-order valence-corrected chi connectivity index (χ1v) is 14.0. The molecule has 0 aliphatic heterocycles. The average Bonchev–Trinajstić information content (AvgIpc) is 2.66. The van der Waals surface area contributed by atoms with Gasteiger partial charge >= 0.3 is 61.1 Å². The Hall–Kier alpha value is -1.13. The van der Waals surface area contributed by atoms with Crippen LogP contribution in [0.3, 0.4) is 0 Å². The second-order valence-electron chi connectivity index (χ2n) is 5.58. The van der Waals surface area contributed by atoms with Crippen LogP contribution in [0, 0.1) is 6.92 Å². The Morgan fingerprint density at radius 1 is 0.679 bits per heavy atom. The van der Waals surface area contributed by atoms with Crippen LogP contribution in [0.25, 0.3) is 22.5 Å². The molecule has 153 valence electrons. The molecule has 0 aliphatic carbocycles. The third-order valence-electron chi connectivity index (χ3n) is 3.71. The summed E-state index contributed by atoms with van der Waals surface area (Å²) in [6, 6.07) is 20.0. The van der Waals surface area contributed by atoms with Gasteiger partial charge in [0.25, 0.3) is 0 Å². The normalized spacial score (nSPS) is 11.2. The van der Waals surface area contributed by atoms with Crippen LogP contribution in [0.4, 0.5) is 0 Å². The zero-order valence-electron chi connectivity index (χ0n) is 15.4. The van der Waals surface area contributed by atoms with Crippen LogP contribution in [0.15, 0.2) is 65.1 Å². The molecule has 0 aliphatic rings. The van der Waals surface area contributed by atoms with E-state index in [0.717, 1.165) is 39.7 Å². The first-order chi connectivity index (χ1) is 13.2. The molecule has 0 bridgehead atoms. The van der Waals surface area contributed by atoms with E-state index in [9.17, 15) is 0 Å². The van der Waals surface area contributed by atoms with Crippen molar-refractivity contribution >= 4 is 40.4 Å². The van der Waals surface area contributed by atoms with Crippen molar-refractivity contribution in [2.45, 2.75) is 6.92 Å². The third-order valence-corrected chi connectivity index (χ3v) is 3.71. The summed E-state index contributed by atoms with van der Waals surface area (Å²) in [4.78, 5) is 0. The molecule has 0 N–H and O–H groups in total. The van der Waals surface area contributed by atoms with Crippen molar-refractivity contribution < 1.29 is 23.1 Å². The molecular weight excluding hydrogens is 486 g/mol. The van der Waals surface area contributed by atoms with Crippen molar-refractivity contribution in [3.8, 4) is 33.9 Å². The SMILES string of the molecule is COc1ccc(-c2cc(C)[o+]c(-c3ccc(OC)cc3)c2)cc1.[Cl][Fe-]([Cl])([Cl])[Cl]. The first kappa shape index (κ1) is 23.2. The molecular formula is C20H19Cl4FeO3. The molecule has 0 saturated heterocycles. The van der Waals surface area contributed by atoms with Crippen molar-refractivity contribution in [3.05, 3.63) is 66.4 Å². The molecule has 0 atom stereocenters. The second kappa shape index (κ2) is 10.6. The summed E-state index contributed by atoms with van der Waals surface area (Å²) in [6.45, 7) is 1.96. The van der Waals surface area contributed by atoms with Crippen LogP contribution in [-0.4, -0.2) is 14.2 Å². The van der Waals surface area contributed by atoms with Gasteiger partial charge in [0.05, 0.1) is 32.8 Å². The van der Waals surface area contributed by atoms with Crippen molar-refractivity contribution in [2.24, 2.45) is 0 Å². The Bertz CT molecular complexity index is 823. The maximum absolute atomic E-state index is 5.88. The molecule has 0 saturated carbocycles. The fourth-order valence-electron chi connectivity index (χ4n) is 2.48. The summed E-state index contributed by atoms with van der Waals surface area (Å²) in [5.41, 5.74) is 3.26. The molecule has 0 spiro atoms. The molecule has 2 aromatic carbocycles. The molecule has 1 aromatic heterocycles. The number of benzene rings is 2. The molecule has 3 aromatic rings. The molecule has 28 heavy (non-hydrogen) atoms. The molecule has 3 rings (SSSR count). The molecule has 0 fully saturated rings. The molecule has 1 heterocycles. The van der Waals surface area contributed by atoms with Crippen molar-refractivity contribution in [1.82, 2.24) is 0 Å². The van der Waals surface area contributed by atoms with Gasteiger partial charge in [0, 0.05) is 11.6 Å². The van der Waals surface area contributed by atoms with E-state index in [1.807, 2.05) is 61.5 Å².